The molecule has 0 heterocycles. The molecule has 0 fully saturated rings. The summed E-state index contributed by atoms with van der Waals surface area (Å²) in [7, 11) is 0. The molecule has 0 saturated carbocycles. The number of nitrogens with one attached hydrogen (secondary N) is 1. The van der Waals surface area contributed by atoms with Gasteiger partial charge in [-0.25, -0.2) is 0 Å². The van der Waals surface area contributed by atoms with Gasteiger partial charge >= 0.3 is 0 Å². The van der Waals surface area contributed by atoms with E-state index in [4.69, 9.17) is 5.73 Å². The summed E-state index contributed by atoms with van der Waals surface area (Å²) in [5.74, 6) is -0.204. The zero-order valence-corrected chi connectivity index (χ0v) is 11.3. The van der Waals surface area contributed by atoms with Crippen LogP contribution in [0.1, 0.15) is 30.5 Å². The molecule has 0 radical (unpaired) electrons. The van der Waals surface area contributed by atoms with Gasteiger partial charge in [0.1, 0.15) is 0 Å². The van der Waals surface area contributed by atoms with Gasteiger partial charge in [0.2, 0.25) is 5.91 Å². The smallest absolute Gasteiger partial charge is 0.228 e. The maximum atomic E-state index is 12.0. The van der Waals surface area contributed by atoms with Gasteiger partial charge < -0.3 is 11.1 Å². The van der Waals surface area contributed by atoms with Crippen LogP contribution in [-0.4, -0.2) is 11.9 Å². The third-order valence-corrected chi connectivity index (χ3v) is 3.13. The van der Waals surface area contributed by atoms with Crippen LogP contribution in [0.4, 0.5) is 5.69 Å². The van der Waals surface area contributed by atoms with Crippen molar-refractivity contribution < 1.29 is 4.79 Å². The fourth-order valence-electron chi connectivity index (χ4n) is 1.85. The first-order valence-electron chi connectivity index (χ1n) is 5.97. The van der Waals surface area contributed by atoms with Gasteiger partial charge in [0.15, 0.2) is 0 Å². The number of aryl methyl sites for hydroxylation is 3. The van der Waals surface area contributed by atoms with Gasteiger partial charge in [-0.1, -0.05) is 24.6 Å². The molecule has 3 heteroatoms. The average molecular weight is 234 g/mol. The molecule has 1 aromatic carbocycles. The van der Waals surface area contributed by atoms with Crippen LogP contribution < -0.4 is 11.1 Å². The first-order valence-corrected chi connectivity index (χ1v) is 5.97. The molecule has 1 rings (SSSR count). The molecule has 0 aliphatic carbocycles. The lowest BCUT2D eigenvalue weighted by Crippen LogP contribution is -2.34. The van der Waals surface area contributed by atoms with Crippen molar-refractivity contribution in [2.75, 3.05) is 5.32 Å². The summed E-state index contributed by atoms with van der Waals surface area (Å²) in [4.78, 5) is 12.0. The van der Waals surface area contributed by atoms with Crippen LogP contribution in [0.15, 0.2) is 12.1 Å². The van der Waals surface area contributed by atoms with Crippen molar-refractivity contribution in [1.82, 2.24) is 0 Å². The van der Waals surface area contributed by atoms with Gasteiger partial charge in [0.05, 0.1) is 5.92 Å². The molecule has 0 bridgehead atoms. The van der Waals surface area contributed by atoms with E-state index in [2.05, 4.69) is 24.4 Å². The van der Waals surface area contributed by atoms with E-state index < -0.39 is 0 Å². The Hall–Kier alpha value is -1.35. The van der Waals surface area contributed by atoms with Crippen molar-refractivity contribution >= 4 is 11.6 Å². The molecule has 0 saturated heterocycles. The van der Waals surface area contributed by atoms with Crippen LogP contribution in [0.3, 0.4) is 0 Å². The lowest BCUT2D eigenvalue weighted by molar-refractivity contribution is -0.119. The monoisotopic (exact) mass is 234 g/mol. The van der Waals surface area contributed by atoms with Crippen molar-refractivity contribution in [3.8, 4) is 0 Å². The second kappa shape index (κ2) is 5.32. The number of rotatable bonds is 3. The number of anilines is 1. The zero-order chi connectivity index (χ0) is 13.2. The quantitative estimate of drug-likeness (QED) is 0.844. The van der Waals surface area contributed by atoms with Crippen LogP contribution in [0.25, 0.3) is 0 Å². The van der Waals surface area contributed by atoms with Crippen LogP contribution >= 0.6 is 0 Å². The molecule has 2 unspecified atom stereocenters. The fraction of sp³-hybridized carbons (Fsp3) is 0.500. The third kappa shape index (κ3) is 3.30. The number of carbonyl (C=O) groups is 1. The number of benzene rings is 1. The molecular weight excluding hydrogens is 212 g/mol. The maximum Gasteiger partial charge on any atom is 0.228 e. The minimum atomic E-state index is -0.185. The van der Waals surface area contributed by atoms with Crippen LogP contribution in [-0.2, 0) is 4.79 Å². The lowest BCUT2D eigenvalue weighted by Gasteiger charge is -2.18. The molecule has 0 aliphatic heterocycles. The number of hydrogen-bond donors (Lipinski definition) is 2. The van der Waals surface area contributed by atoms with E-state index in [1.807, 2.05) is 27.7 Å². The Kier molecular flexibility index (Phi) is 4.29. The Labute approximate surface area is 103 Å². The van der Waals surface area contributed by atoms with Gasteiger partial charge in [-0.15, -0.1) is 0 Å². The first kappa shape index (κ1) is 13.7. The number of hydrogen-bond acceptors (Lipinski definition) is 2. The maximum absolute atomic E-state index is 12.0. The van der Waals surface area contributed by atoms with E-state index in [-0.39, 0.29) is 17.9 Å². The SMILES string of the molecule is Cc1cc(C)c(NC(=O)C(C)C(C)N)c(C)c1. The Balaban J connectivity index is 2.93. The van der Waals surface area contributed by atoms with Gasteiger partial charge in [0.25, 0.3) is 0 Å². The molecule has 94 valence electrons. The van der Waals surface area contributed by atoms with E-state index in [0.717, 1.165) is 16.8 Å². The summed E-state index contributed by atoms with van der Waals surface area (Å²) < 4.78 is 0. The Morgan fingerprint density at radius 2 is 1.65 bits per heavy atom. The molecule has 1 aromatic rings. The van der Waals surface area contributed by atoms with Crippen molar-refractivity contribution in [3.63, 3.8) is 0 Å². The Morgan fingerprint density at radius 3 is 2.06 bits per heavy atom. The highest BCUT2D eigenvalue weighted by Crippen LogP contribution is 2.22. The van der Waals surface area contributed by atoms with Gasteiger partial charge in [-0.2, -0.15) is 0 Å². The molecule has 17 heavy (non-hydrogen) atoms. The van der Waals surface area contributed by atoms with Crippen LogP contribution in [0.5, 0.6) is 0 Å². The molecular formula is C14H22N2O. The van der Waals surface area contributed by atoms with E-state index in [1.165, 1.54) is 5.56 Å². The predicted octanol–water partition coefficient (Wildman–Crippen LogP) is 2.53. The number of carbonyl (C=O) groups excluding carboxylic acids is 1. The van der Waals surface area contributed by atoms with E-state index in [0.29, 0.717) is 0 Å². The third-order valence-electron chi connectivity index (χ3n) is 3.13. The molecule has 0 aliphatic rings. The van der Waals surface area contributed by atoms with Gasteiger partial charge in [-0.3, -0.25) is 4.79 Å². The lowest BCUT2D eigenvalue weighted by atomic mass is 10.0. The van der Waals surface area contributed by atoms with Crippen molar-refractivity contribution in [2.45, 2.75) is 40.7 Å². The first-order chi connectivity index (χ1) is 7.82. The zero-order valence-electron chi connectivity index (χ0n) is 11.3. The Bertz CT molecular complexity index is 401. The summed E-state index contributed by atoms with van der Waals surface area (Å²) in [5.41, 5.74) is 10.0. The van der Waals surface area contributed by atoms with Crippen LogP contribution in [0, 0.1) is 26.7 Å². The summed E-state index contributed by atoms with van der Waals surface area (Å²) in [6.45, 7) is 9.76. The molecule has 3 nitrogen and oxygen atoms in total. The number of nitrogens with two attached hydrogens (primary N) is 1. The predicted molar refractivity (Wildman–Crippen MR) is 72.1 cm³/mol. The largest absolute Gasteiger partial charge is 0.327 e. The molecule has 0 spiro atoms. The standard InChI is InChI=1S/C14H22N2O/c1-8-6-9(2)13(10(3)7-8)16-14(17)11(4)12(5)15/h6-7,11-12H,15H2,1-5H3,(H,16,17). The van der Waals surface area contributed by atoms with Crippen molar-refractivity contribution in [2.24, 2.45) is 11.7 Å². The van der Waals surface area contributed by atoms with E-state index in [9.17, 15) is 4.79 Å². The minimum Gasteiger partial charge on any atom is -0.327 e. The van der Waals surface area contributed by atoms with E-state index >= 15 is 0 Å². The normalized spacial score (nSPS) is 14.2. The molecule has 1 amide bonds. The second-order valence-electron chi connectivity index (χ2n) is 4.91. The Morgan fingerprint density at radius 1 is 1.18 bits per heavy atom. The molecule has 2 atom stereocenters. The highest BCUT2D eigenvalue weighted by molar-refractivity contribution is 5.94. The highest BCUT2D eigenvalue weighted by atomic mass is 16.1. The summed E-state index contributed by atoms with van der Waals surface area (Å²) in [6, 6.07) is 4.00. The van der Waals surface area contributed by atoms with Gasteiger partial charge in [0, 0.05) is 11.7 Å². The van der Waals surface area contributed by atoms with Crippen molar-refractivity contribution in [3.05, 3.63) is 28.8 Å². The molecule has 3 N–H and O–H groups in total. The van der Waals surface area contributed by atoms with Gasteiger partial charge in [-0.05, 0) is 38.8 Å². The van der Waals surface area contributed by atoms with Crippen LogP contribution in [0.2, 0.25) is 0 Å². The summed E-state index contributed by atoms with van der Waals surface area (Å²) in [5, 5.41) is 2.97. The summed E-state index contributed by atoms with van der Waals surface area (Å²) in [6.07, 6.45) is 0. The topological polar surface area (TPSA) is 55.1 Å². The average Bonchev–Trinajstić information content (AvgIpc) is 2.21. The summed E-state index contributed by atoms with van der Waals surface area (Å²) >= 11 is 0. The van der Waals surface area contributed by atoms with Crippen molar-refractivity contribution in [1.29, 1.82) is 0 Å². The second-order valence-corrected chi connectivity index (χ2v) is 4.91. The number of amides is 1. The highest BCUT2D eigenvalue weighted by Gasteiger charge is 2.18. The fourth-order valence-corrected chi connectivity index (χ4v) is 1.85. The minimum absolute atomic E-state index is 0.0185. The van der Waals surface area contributed by atoms with E-state index in [1.54, 1.807) is 0 Å². The molecule has 0 aromatic heterocycles.